The van der Waals surface area contributed by atoms with Gasteiger partial charge in [0, 0.05) is 16.6 Å². The van der Waals surface area contributed by atoms with Crippen LogP contribution in [-0.4, -0.2) is 11.2 Å². The summed E-state index contributed by atoms with van der Waals surface area (Å²) in [5, 5.41) is 3.19. The number of rotatable bonds is 3. The molecule has 0 saturated carbocycles. The molecule has 3 aromatic rings. The van der Waals surface area contributed by atoms with E-state index in [4.69, 9.17) is 10.2 Å². The Balaban J connectivity index is 1.96. The smallest absolute Gasteiger partial charge is 0.300 e. The fraction of sp³-hybridized carbons (Fsp3) is 0.0714. The first kappa shape index (κ1) is 11.9. The van der Waals surface area contributed by atoms with Gasteiger partial charge in [-0.25, -0.2) is 0 Å². The maximum absolute atomic E-state index is 5.72. The number of thioether (sulfide) groups is 1. The maximum Gasteiger partial charge on any atom is 0.300 e. The fourth-order valence-corrected chi connectivity index (χ4v) is 2.41. The highest BCUT2D eigenvalue weighted by Gasteiger charge is 2.08. The van der Waals surface area contributed by atoms with Gasteiger partial charge in [-0.05, 0) is 30.5 Å². The molecule has 0 bridgehead atoms. The van der Waals surface area contributed by atoms with Crippen molar-refractivity contribution in [3.63, 3.8) is 0 Å². The second kappa shape index (κ2) is 4.85. The molecule has 4 nitrogen and oxygen atoms in total. The van der Waals surface area contributed by atoms with E-state index < -0.39 is 0 Å². The summed E-state index contributed by atoms with van der Waals surface area (Å²) in [4.78, 5) is 5.52. The van der Waals surface area contributed by atoms with Gasteiger partial charge < -0.3 is 15.5 Å². The number of nitrogens with zero attached hydrogens (tertiary/aromatic N) is 1. The van der Waals surface area contributed by atoms with Gasteiger partial charge in [-0.2, -0.15) is 4.98 Å². The molecule has 19 heavy (non-hydrogen) atoms. The zero-order chi connectivity index (χ0) is 13.2. The number of hydrogen-bond acceptors (Lipinski definition) is 5. The van der Waals surface area contributed by atoms with Crippen LogP contribution in [0.4, 0.5) is 17.4 Å². The molecule has 2 aromatic carbocycles. The number of nitrogens with one attached hydrogen (secondary N) is 1. The SMILES string of the molecule is CSc1ccccc1Nc1nc2ccc(N)cc2o1. The number of oxazole rings is 1. The molecule has 0 amide bonds. The summed E-state index contributed by atoms with van der Waals surface area (Å²) in [6, 6.07) is 13.9. The summed E-state index contributed by atoms with van der Waals surface area (Å²) in [6.45, 7) is 0. The summed E-state index contributed by atoms with van der Waals surface area (Å²) >= 11 is 1.67. The lowest BCUT2D eigenvalue weighted by Crippen LogP contribution is -1.91. The van der Waals surface area contributed by atoms with Crippen LogP contribution >= 0.6 is 11.8 Å². The normalized spacial score (nSPS) is 10.8. The molecular formula is C14H13N3OS. The van der Waals surface area contributed by atoms with Crippen LogP contribution < -0.4 is 11.1 Å². The van der Waals surface area contributed by atoms with Crippen molar-refractivity contribution in [1.29, 1.82) is 0 Å². The lowest BCUT2D eigenvalue weighted by Gasteiger charge is -2.06. The molecule has 1 aromatic heterocycles. The van der Waals surface area contributed by atoms with Gasteiger partial charge in [0.2, 0.25) is 0 Å². The molecule has 0 atom stereocenters. The number of para-hydroxylation sites is 1. The van der Waals surface area contributed by atoms with Gasteiger partial charge in [-0.15, -0.1) is 11.8 Å². The minimum atomic E-state index is 0.474. The molecule has 1 heterocycles. The molecule has 0 radical (unpaired) electrons. The monoisotopic (exact) mass is 271 g/mol. The van der Waals surface area contributed by atoms with Gasteiger partial charge in [-0.3, -0.25) is 0 Å². The second-order valence-electron chi connectivity index (χ2n) is 4.07. The van der Waals surface area contributed by atoms with E-state index in [0.717, 1.165) is 16.1 Å². The third kappa shape index (κ3) is 2.37. The highest BCUT2D eigenvalue weighted by molar-refractivity contribution is 7.98. The van der Waals surface area contributed by atoms with Crippen LogP contribution in [-0.2, 0) is 0 Å². The lowest BCUT2D eigenvalue weighted by molar-refractivity contribution is 0.623. The Bertz CT molecular complexity index is 724. The van der Waals surface area contributed by atoms with E-state index in [2.05, 4.69) is 10.3 Å². The number of nitrogens with two attached hydrogens (primary N) is 1. The molecule has 96 valence electrons. The standard InChI is InChI=1S/C14H13N3OS/c1-19-13-5-3-2-4-11(13)17-14-16-10-7-6-9(15)8-12(10)18-14/h2-8H,15H2,1H3,(H,16,17). The zero-order valence-electron chi connectivity index (χ0n) is 10.4. The van der Waals surface area contributed by atoms with Crippen molar-refractivity contribution in [2.45, 2.75) is 4.90 Å². The van der Waals surface area contributed by atoms with Gasteiger partial charge in [0.1, 0.15) is 5.52 Å². The van der Waals surface area contributed by atoms with Crippen LogP contribution in [0.2, 0.25) is 0 Å². The summed E-state index contributed by atoms with van der Waals surface area (Å²) in [5.74, 6) is 0. The molecule has 3 N–H and O–H groups in total. The first-order chi connectivity index (χ1) is 9.26. The molecule has 0 fully saturated rings. The topological polar surface area (TPSA) is 64.1 Å². The summed E-state index contributed by atoms with van der Waals surface area (Å²) in [5.41, 5.74) is 8.84. The van der Waals surface area contributed by atoms with Crippen LogP contribution in [0.25, 0.3) is 11.1 Å². The minimum absolute atomic E-state index is 0.474. The van der Waals surface area contributed by atoms with E-state index in [-0.39, 0.29) is 0 Å². The van der Waals surface area contributed by atoms with Crippen molar-refractivity contribution in [3.8, 4) is 0 Å². The van der Waals surface area contributed by atoms with Crippen molar-refractivity contribution >= 4 is 40.3 Å². The van der Waals surface area contributed by atoms with E-state index >= 15 is 0 Å². The Labute approximate surface area is 115 Å². The molecule has 5 heteroatoms. The molecule has 0 spiro atoms. The van der Waals surface area contributed by atoms with E-state index in [1.807, 2.05) is 42.7 Å². The Kier molecular flexibility index (Phi) is 3.05. The number of nitrogen functional groups attached to an aromatic ring is 1. The first-order valence-electron chi connectivity index (χ1n) is 5.82. The molecule has 0 unspecified atom stereocenters. The summed E-state index contributed by atoms with van der Waals surface area (Å²) in [7, 11) is 0. The van der Waals surface area contributed by atoms with Crippen LogP contribution in [0.3, 0.4) is 0 Å². The van der Waals surface area contributed by atoms with Crippen LogP contribution in [0, 0.1) is 0 Å². The Hall–Kier alpha value is -2.14. The average molecular weight is 271 g/mol. The summed E-state index contributed by atoms with van der Waals surface area (Å²) in [6.07, 6.45) is 2.03. The van der Waals surface area contributed by atoms with Gasteiger partial charge in [0.15, 0.2) is 5.58 Å². The molecular weight excluding hydrogens is 258 g/mol. The van der Waals surface area contributed by atoms with Crippen LogP contribution in [0.5, 0.6) is 0 Å². The maximum atomic E-state index is 5.72. The third-order valence-electron chi connectivity index (χ3n) is 2.76. The van der Waals surface area contributed by atoms with E-state index in [9.17, 15) is 0 Å². The van der Waals surface area contributed by atoms with Crippen molar-refractivity contribution in [3.05, 3.63) is 42.5 Å². The van der Waals surface area contributed by atoms with Gasteiger partial charge in [0.05, 0.1) is 5.69 Å². The van der Waals surface area contributed by atoms with Crippen molar-refractivity contribution in [2.24, 2.45) is 0 Å². The fourth-order valence-electron chi connectivity index (χ4n) is 1.86. The molecule has 0 saturated heterocycles. The number of aromatic nitrogens is 1. The number of fused-ring (bicyclic) bond motifs is 1. The first-order valence-corrected chi connectivity index (χ1v) is 7.05. The largest absolute Gasteiger partial charge is 0.423 e. The predicted octanol–water partition coefficient (Wildman–Crippen LogP) is 3.88. The zero-order valence-corrected chi connectivity index (χ0v) is 11.2. The number of hydrogen-bond donors (Lipinski definition) is 2. The van der Waals surface area contributed by atoms with Crippen molar-refractivity contribution < 1.29 is 4.42 Å². The number of benzene rings is 2. The number of anilines is 3. The minimum Gasteiger partial charge on any atom is -0.423 e. The van der Waals surface area contributed by atoms with Crippen LogP contribution in [0.1, 0.15) is 0 Å². The lowest BCUT2D eigenvalue weighted by atomic mass is 10.3. The van der Waals surface area contributed by atoms with Gasteiger partial charge in [0.25, 0.3) is 6.01 Å². The van der Waals surface area contributed by atoms with E-state index in [0.29, 0.717) is 17.3 Å². The van der Waals surface area contributed by atoms with Gasteiger partial charge >= 0.3 is 0 Å². The van der Waals surface area contributed by atoms with Crippen LogP contribution in [0.15, 0.2) is 51.8 Å². The Morgan fingerprint density at radius 2 is 2.05 bits per heavy atom. The molecule has 0 aliphatic carbocycles. The molecule has 3 rings (SSSR count). The highest BCUT2D eigenvalue weighted by atomic mass is 32.2. The highest BCUT2D eigenvalue weighted by Crippen LogP contribution is 2.29. The third-order valence-corrected chi connectivity index (χ3v) is 3.56. The van der Waals surface area contributed by atoms with Crippen molar-refractivity contribution in [1.82, 2.24) is 4.98 Å². The van der Waals surface area contributed by atoms with E-state index in [1.165, 1.54) is 0 Å². The molecule has 0 aliphatic rings. The van der Waals surface area contributed by atoms with E-state index in [1.54, 1.807) is 17.8 Å². The second-order valence-corrected chi connectivity index (χ2v) is 4.92. The summed E-state index contributed by atoms with van der Waals surface area (Å²) < 4.78 is 5.64. The van der Waals surface area contributed by atoms with Crippen molar-refractivity contribution in [2.75, 3.05) is 17.3 Å². The van der Waals surface area contributed by atoms with Gasteiger partial charge in [-0.1, -0.05) is 12.1 Å². The quantitative estimate of drug-likeness (QED) is 0.559. The Morgan fingerprint density at radius 1 is 1.21 bits per heavy atom. The molecule has 0 aliphatic heterocycles. The predicted molar refractivity (Wildman–Crippen MR) is 79.9 cm³/mol. The Morgan fingerprint density at radius 3 is 2.89 bits per heavy atom. The average Bonchev–Trinajstić information content (AvgIpc) is 2.80.